The summed E-state index contributed by atoms with van der Waals surface area (Å²) in [6, 6.07) is 20.9. The van der Waals surface area contributed by atoms with Crippen molar-refractivity contribution in [3.63, 3.8) is 0 Å². The smallest absolute Gasteiger partial charge is 0.136 e. The number of furan rings is 1. The molecule has 0 N–H and O–H groups in total. The summed E-state index contributed by atoms with van der Waals surface area (Å²) in [5, 5.41) is 11.7. The van der Waals surface area contributed by atoms with Gasteiger partial charge < -0.3 is 9.32 Å². The average Bonchev–Trinajstić information content (AvgIpc) is 3.28. The van der Waals surface area contributed by atoms with Crippen molar-refractivity contribution in [2.24, 2.45) is 0 Å². The molecule has 0 fully saturated rings. The molecule has 4 nitrogen and oxygen atoms in total. The fourth-order valence-electron chi connectivity index (χ4n) is 3.83. The van der Waals surface area contributed by atoms with Gasteiger partial charge in [-0.2, -0.15) is 5.26 Å². The Kier molecular flexibility index (Phi) is 5.81. The van der Waals surface area contributed by atoms with Crippen molar-refractivity contribution >= 4 is 16.5 Å². The van der Waals surface area contributed by atoms with Crippen LogP contribution in [0.25, 0.3) is 33.4 Å². The van der Waals surface area contributed by atoms with Crippen molar-refractivity contribution in [1.82, 2.24) is 4.98 Å². The molecule has 0 unspecified atom stereocenters. The average molecular weight is 396 g/mol. The number of nitrogens with zero attached hydrogens (tertiary/aromatic N) is 3. The summed E-state index contributed by atoms with van der Waals surface area (Å²) in [4.78, 5) is 6.47. The fraction of sp³-hybridized carbons (Fsp3) is 0.231. The third kappa shape index (κ3) is 3.92. The van der Waals surface area contributed by atoms with Gasteiger partial charge in [0, 0.05) is 42.3 Å². The van der Waals surface area contributed by atoms with Crippen LogP contribution < -0.4 is 4.90 Å². The Balaban J connectivity index is 1.65. The molecule has 0 saturated heterocycles. The summed E-state index contributed by atoms with van der Waals surface area (Å²) in [5.41, 5.74) is 3.57. The third-order valence-corrected chi connectivity index (χ3v) is 5.27. The van der Waals surface area contributed by atoms with Crippen molar-refractivity contribution in [3.05, 3.63) is 72.6 Å². The Labute approximate surface area is 177 Å². The van der Waals surface area contributed by atoms with E-state index in [1.165, 1.54) is 16.5 Å². The summed E-state index contributed by atoms with van der Waals surface area (Å²) in [6.07, 6.45) is 5.52. The van der Waals surface area contributed by atoms with Crippen molar-refractivity contribution < 1.29 is 4.42 Å². The molecule has 0 radical (unpaired) electrons. The van der Waals surface area contributed by atoms with E-state index in [-0.39, 0.29) is 0 Å². The highest BCUT2D eigenvalue weighted by atomic mass is 16.3. The van der Waals surface area contributed by atoms with Crippen LogP contribution in [-0.2, 0) is 0 Å². The number of nitriles is 1. The van der Waals surface area contributed by atoms with E-state index in [0.29, 0.717) is 11.3 Å². The van der Waals surface area contributed by atoms with Gasteiger partial charge in [-0.3, -0.25) is 4.98 Å². The Morgan fingerprint density at radius 2 is 1.63 bits per heavy atom. The van der Waals surface area contributed by atoms with Crippen LogP contribution in [-0.4, -0.2) is 18.1 Å². The molecule has 4 aromatic rings. The van der Waals surface area contributed by atoms with E-state index < -0.39 is 0 Å². The summed E-state index contributed by atoms with van der Waals surface area (Å²) in [6.45, 7) is 6.59. The molecule has 0 amide bonds. The van der Waals surface area contributed by atoms with Gasteiger partial charge in [0.15, 0.2) is 0 Å². The lowest BCUT2D eigenvalue weighted by atomic mass is 10.0. The number of pyridine rings is 1. The predicted molar refractivity (Wildman–Crippen MR) is 122 cm³/mol. The number of anilines is 1. The molecule has 0 spiro atoms. The minimum absolute atomic E-state index is 0.508. The second-order valence-corrected chi connectivity index (χ2v) is 7.43. The molecule has 0 aliphatic heterocycles. The van der Waals surface area contributed by atoms with Crippen LogP contribution in [0.15, 0.2) is 71.4 Å². The summed E-state index contributed by atoms with van der Waals surface area (Å²) >= 11 is 0. The number of hydrogen-bond acceptors (Lipinski definition) is 4. The first kappa shape index (κ1) is 19.7. The molecule has 0 bridgehead atoms. The van der Waals surface area contributed by atoms with E-state index in [9.17, 15) is 5.26 Å². The Hall–Kier alpha value is -3.58. The first-order valence-corrected chi connectivity index (χ1v) is 10.5. The lowest BCUT2D eigenvalue weighted by Gasteiger charge is -2.24. The van der Waals surface area contributed by atoms with Gasteiger partial charge in [0.1, 0.15) is 17.6 Å². The number of rotatable bonds is 7. The second-order valence-electron chi connectivity index (χ2n) is 7.43. The summed E-state index contributed by atoms with van der Waals surface area (Å²) < 4.78 is 6.09. The van der Waals surface area contributed by atoms with Crippen LogP contribution in [0.4, 0.5) is 5.69 Å². The number of benzene rings is 2. The van der Waals surface area contributed by atoms with E-state index in [2.05, 4.69) is 66.2 Å². The quantitative estimate of drug-likeness (QED) is 0.351. The van der Waals surface area contributed by atoms with Crippen LogP contribution in [0, 0.1) is 11.3 Å². The summed E-state index contributed by atoms with van der Waals surface area (Å²) in [7, 11) is 0. The van der Waals surface area contributed by atoms with Crippen molar-refractivity contribution in [2.45, 2.75) is 26.7 Å². The van der Waals surface area contributed by atoms with E-state index in [1.54, 1.807) is 18.5 Å². The largest absolute Gasteiger partial charge is 0.456 e. The first-order chi connectivity index (χ1) is 14.7. The maximum atomic E-state index is 9.32. The van der Waals surface area contributed by atoms with Gasteiger partial charge in [-0.05, 0) is 60.0 Å². The molecule has 30 heavy (non-hydrogen) atoms. The lowest BCUT2D eigenvalue weighted by Crippen LogP contribution is -2.24. The van der Waals surface area contributed by atoms with E-state index >= 15 is 0 Å². The molecule has 2 aromatic carbocycles. The minimum atomic E-state index is 0.508. The van der Waals surface area contributed by atoms with E-state index in [0.717, 1.165) is 42.8 Å². The van der Waals surface area contributed by atoms with Crippen molar-refractivity contribution in [2.75, 3.05) is 18.0 Å². The Morgan fingerprint density at radius 1 is 0.900 bits per heavy atom. The van der Waals surface area contributed by atoms with Crippen LogP contribution >= 0.6 is 0 Å². The number of hydrogen-bond donors (Lipinski definition) is 0. The number of fused-ring (bicyclic) bond motifs is 1. The van der Waals surface area contributed by atoms with Gasteiger partial charge in [0.05, 0.1) is 5.56 Å². The van der Waals surface area contributed by atoms with Crippen molar-refractivity contribution in [3.8, 4) is 28.7 Å². The molecule has 150 valence electrons. The summed E-state index contributed by atoms with van der Waals surface area (Å²) in [5.74, 6) is 1.46. The third-order valence-electron chi connectivity index (χ3n) is 5.27. The van der Waals surface area contributed by atoms with Gasteiger partial charge in [-0.25, -0.2) is 0 Å². The molecule has 2 heterocycles. The van der Waals surface area contributed by atoms with E-state index in [1.807, 2.05) is 12.1 Å². The SMILES string of the molecule is CCCN(CCC)c1ccc2cc(-c3ccc(-c4ccncc4C#N)o3)ccc2c1. The zero-order valence-electron chi connectivity index (χ0n) is 17.4. The highest BCUT2D eigenvalue weighted by Gasteiger charge is 2.12. The predicted octanol–water partition coefficient (Wildman–Crippen LogP) is 6.66. The normalized spacial score (nSPS) is 10.8. The van der Waals surface area contributed by atoms with Crippen LogP contribution in [0.5, 0.6) is 0 Å². The highest BCUT2D eigenvalue weighted by molar-refractivity contribution is 5.89. The van der Waals surface area contributed by atoms with E-state index in [4.69, 9.17) is 4.42 Å². The zero-order chi connectivity index (χ0) is 20.9. The molecule has 0 aliphatic rings. The molecule has 2 aromatic heterocycles. The molecule has 0 atom stereocenters. The molecule has 4 heteroatoms. The molecule has 0 aliphatic carbocycles. The monoisotopic (exact) mass is 395 g/mol. The van der Waals surface area contributed by atoms with Crippen molar-refractivity contribution in [1.29, 1.82) is 5.26 Å². The second kappa shape index (κ2) is 8.84. The Bertz CT molecular complexity index is 1200. The molecule has 0 saturated carbocycles. The van der Waals surface area contributed by atoms with Gasteiger partial charge >= 0.3 is 0 Å². The lowest BCUT2D eigenvalue weighted by molar-refractivity contribution is 0.597. The standard InChI is InChI=1S/C26H25N3O/c1-3-13-29(14-4-2)23-8-7-19-15-21(6-5-20(19)16-23)25-9-10-26(30-25)24-11-12-28-18-22(24)17-27/h5-12,15-16,18H,3-4,13-14H2,1-2H3. The highest BCUT2D eigenvalue weighted by Crippen LogP contribution is 2.32. The Morgan fingerprint density at radius 3 is 2.40 bits per heavy atom. The maximum absolute atomic E-state index is 9.32. The van der Waals surface area contributed by atoms with Gasteiger partial charge in [0.25, 0.3) is 0 Å². The topological polar surface area (TPSA) is 53.1 Å². The van der Waals surface area contributed by atoms with Crippen LogP contribution in [0.2, 0.25) is 0 Å². The molecular formula is C26H25N3O. The van der Waals surface area contributed by atoms with Gasteiger partial charge in [-0.1, -0.05) is 32.0 Å². The minimum Gasteiger partial charge on any atom is -0.456 e. The first-order valence-electron chi connectivity index (χ1n) is 10.5. The van der Waals surface area contributed by atoms with Gasteiger partial charge in [0.2, 0.25) is 0 Å². The van der Waals surface area contributed by atoms with Gasteiger partial charge in [-0.15, -0.1) is 0 Å². The van der Waals surface area contributed by atoms with Crippen LogP contribution in [0.1, 0.15) is 32.3 Å². The maximum Gasteiger partial charge on any atom is 0.136 e. The number of aromatic nitrogens is 1. The zero-order valence-corrected chi connectivity index (χ0v) is 17.4. The molecular weight excluding hydrogens is 370 g/mol. The van der Waals surface area contributed by atoms with Crippen LogP contribution in [0.3, 0.4) is 0 Å². The molecule has 4 rings (SSSR count). The fourth-order valence-corrected chi connectivity index (χ4v) is 3.83.